The monoisotopic (exact) mass is 473 g/mol. The first-order valence-corrected chi connectivity index (χ1v) is 13.0. The van der Waals surface area contributed by atoms with Crippen molar-refractivity contribution < 1.29 is 17.6 Å². The van der Waals surface area contributed by atoms with Crippen LogP contribution in [0.5, 0.6) is 0 Å². The van der Waals surface area contributed by atoms with Crippen LogP contribution in [-0.2, 0) is 33.0 Å². The summed E-state index contributed by atoms with van der Waals surface area (Å²) in [4.78, 5) is 15.2. The van der Waals surface area contributed by atoms with Gasteiger partial charge in [-0.3, -0.25) is 4.79 Å². The van der Waals surface area contributed by atoms with Crippen molar-refractivity contribution in [2.24, 2.45) is 0 Å². The van der Waals surface area contributed by atoms with Crippen LogP contribution in [0.1, 0.15) is 43.9 Å². The Morgan fingerprint density at radius 2 is 1.97 bits per heavy atom. The number of sulfone groups is 1. The van der Waals surface area contributed by atoms with E-state index in [1.54, 1.807) is 17.2 Å². The van der Waals surface area contributed by atoms with Gasteiger partial charge in [0, 0.05) is 28.6 Å². The quantitative estimate of drug-likeness (QED) is 0.514. The highest BCUT2D eigenvalue weighted by atomic mass is 35.5. The first kappa shape index (κ1) is 22.9. The van der Waals surface area contributed by atoms with Crippen LogP contribution in [0.3, 0.4) is 0 Å². The van der Waals surface area contributed by atoms with Crippen LogP contribution in [0.2, 0.25) is 5.02 Å². The minimum atomic E-state index is -3.13. The number of nitrogens with zero attached hydrogens (tertiary/aromatic N) is 1. The molecule has 1 aliphatic rings. The lowest BCUT2D eigenvalue weighted by molar-refractivity contribution is -0.133. The average Bonchev–Trinajstić information content (AvgIpc) is 3.27. The highest BCUT2D eigenvalue weighted by Crippen LogP contribution is 2.30. The maximum atomic E-state index is 13.5. The summed E-state index contributed by atoms with van der Waals surface area (Å²) in [6.45, 7) is 6.76. The van der Waals surface area contributed by atoms with Gasteiger partial charge in [0.15, 0.2) is 9.84 Å². The van der Waals surface area contributed by atoms with Gasteiger partial charge in [0.05, 0.1) is 24.2 Å². The van der Waals surface area contributed by atoms with E-state index >= 15 is 0 Å². The van der Waals surface area contributed by atoms with Gasteiger partial charge >= 0.3 is 0 Å². The molecule has 0 saturated carbocycles. The molecule has 0 radical (unpaired) electrons. The molecule has 0 spiro atoms. The molecular formula is C25H28ClNO4S. The SMILES string of the molecule is CC(C)(C)c1ccc2occ(CC(=O)N(Cc3cccc(Cl)c3)C3CCS(=O)(=O)C3)c2c1. The maximum Gasteiger partial charge on any atom is 0.227 e. The summed E-state index contributed by atoms with van der Waals surface area (Å²) >= 11 is 6.13. The minimum absolute atomic E-state index is 0.000384. The Kier molecular flexibility index (Phi) is 6.12. The number of furan rings is 1. The van der Waals surface area contributed by atoms with E-state index in [4.69, 9.17) is 16.0 Å². The molecule has 0 aliphatic carbocycles. The van der Waals surface area contributed by atoms with E-state index in [1.165, 1.54) is 0 Å². The van der Waals surface area contributed by atoms with E-state index in [9.17, 15) is 13.2 Å². The first-order valence-electron chi connectivity index (χ1n) is 10.8. The molecule has 1 fully saturated rings. The van der Waals surface area contributed by atoms with Crippen molar-refractivity contribution in [3.63, 3.8) is 0 Å². The number of amides is 1. The Hall–Kier alpha value is -2.31. The lowest BCUT2D eigenvalue weighted by atomic mass is 9.86. The molecule has 1 saturated heterocycles. The fourth-order valence-corrected chi connectivity index (χ4v) is 6.17. The maximum absolute atomic E-state index is 13.5. The molecule has 0 bridgehead atoms. The molecular weight excluding hydrogens is 446 g/mol. The van der Waals surface area contributed by atoms with E-state index in [2.05, 4.69) is 26.8 Å². The van der Waals surface area contributed by atoms with E-state index in [-0.39, 0.29) is 35.3 Å². The molecule has 1 aromatic heterocycles. The Balaban J connectivity index is 1.64. The molecule has 1 atom stereocenters. The Labute approximate surface area is 194 Å². The Morgan fingerprint density at radius 3 is 2.62 bits per heavy atom. The van der Waals surface area contributed by atoms with Gasteiger partial charge in [-0.25, -0.2) is 8.42 Å². The molecule has 1 unspecified atom stereocenters. The molecule has 1 amide bonds. The summed E-state index contributed by atoms with van der Waals surface area (Å²) in [5, 5.41) is 1.51. The predicted molar refractivity (Wildman–Crippen MR) is 128 cm³/mol. The number of hydrogen-bond acceptors (Lipinski definition) is 4. The second-order valence-corrected chi connectivity index (χ2v) is 12.3. The van der Waals surface area contributed by atoms with E-state index in [0.717, 1.165) is 27.7 Å². The topological polar surface area (TPSA) is 67.6 Å². The fourth-order valence-electron chi connectivity index (χ4n) is 4.22. The van der Waals surface area contributed by atoms with Gasteiger partial charge in [-0.15, -0.1) is 0 Å². The summed E-state index contributed by atoms with van der Waals surface area (Å²) in [6, 6.07) is 13.1. The average molecular weight is 474 g/mol. The third-order valence-electron chi connectivity index (χ3n) is 6.07. The van der Waals surface area contributed by atoms with Crippen LogP contribution in [0.25, 0.3) is 11.0 Å². The summed E-state index contributed by atoms with van der Waals surface area (Å²) in [5.74, 6) is -0.00357. The number of rotatable bonds is 5. The van der Waals surface area contributed by atoms with E-state index in [0.29, 0.717) is 18.0 Å². The predicted octanol–water partition coefficient (Wildman–Crippen LogP) is 5.14. The summed E-state index contributed by atoms with van der Waals surface area (Å²) in [7, 11) is -3.13. The van der Waals surface area contributed by atoms with E-state index in [1.807, 2.05) is 30.3 Å². The smallest absolute Gasteiger partial charge is 0.227 e. The molecule has 7 heteroatoms. The van der Waals surface area contributed by atoms with Gasteiger partial charge < -0.3 is 9.32 Å². The molecule has 5 nitrogen and oxygen atoms in total. The van der Waals surface area contributed by atoms with Gasteiger partial charge in [-0.2, -0.15) is 0 Å². The number of fused-ring (bicyclic) bond motifs is 1. The molecule has 32 heavy (non-hydrogen) atoms. The molecule has 2 aromatic carbocycles. The van der Waals surface area contributed by atoms with Crippen LogP contribution >= 0.6 is 11.6 Å². The van der Waals surface area contributed by atoms with Gasteiger partial charge in [-0.05, 0) is 47.2 Å². The minimum Gasteiger partial charge on any atom is -0.464 e. The second kappa shape index (κ2) is 8.56. The van der Waals surface area contributed by atoms with Crippen LogP contribution in [0, 0.1) is 0 Å². The van der Waals surface area contributed by atoms with Gasteiger partial charge in [-0.1, -0.05) is 50.6 Å². The molecule has 4 rings (SSSR count). The van der Waals surface area contributed by atoms with Crippen molar-refractivity contribution >= 4 is 38.3 Å². The van der Waals surface area contributed by atoms with Crippen molar-refractivity contribution in [1.82, 2.24) is 4.90 Å². The van der Waals surface area contributed by atoms with Crippen LogP contribution < -0.4 is 0 Å². The first-order chi connectivity index (χ1) is 15.0. The lowest BCUT2D eigenvalue weighted by Gasteiger charge is -2.28. The zero-order chi connectivity index (χ0) is 23.1. The number of hydrogen-bond donors (Lipinski definition) is 0. The summed E-state index contributed by atoms with van der Waals surface area (Å²) < 4.78 is 30.0. The van der Waals surface area contributed by atoms with Crippen LogP contribution in [-0.4, -0.2) is 36.8 Å². The third-order valence-corrected chi connectivity index (χ3v) is 8.06. The Bertz CT molecular complexity index is 1260. The number of carbonyl (C=O) groups excluding carboxylic acids is 1. The molecule has 170 valence electrons. The molecule has 0 N–H and O–H groups in total. The van der Waals surface area contributed by atoms with Crippen molar-refractivity contribution in [1.29, 1.82) is 0 Å². The molecule has 2 heterocycles. The highest BCUT2D eigenvalue weighted by Gasteiger charge is 2.35. The second-order valence-electron chi connectivity index (χ2n) is 9.61. The fraction of sp³-hybridized carbons (Fsp3) is 0.400. The zero-order valence-corrected chi connectivity index (χ0v) is 20.2. The summed E-state index contributed by atoms with van der Waals surface area (Å²) in [6.07, 6.45) is 2.24. The van der Waals surface area contributed by atoms with Crippen molar-refractivity contribution in [2.45, 2.75) is 51.6 Å². The standard InChI is InChI=1S/C25H28ClNO4S/c1-25(2,3)19-7-8-23-22(13-19)18(15-31-23)12-24(28)27(21-9-10-32(29,30)16-21)14-17-5-4-6-20(26)11-17/h4-8,11,13,15,21H,9-10,12,14,16H2,1-3H3. The van der Waals surface area contributed by atoms with Gasteiger partial charge in [0.1, 0.15) is 5.58 Å². The normalized spacial score (nSPS) is 18.2. The summed E-state index contributed by atoms with van der Waals surface area (Å²) in [5.41, 5.74) is 3.57. The number of benzene rings is 2. The van der Waals surface area contributed by atoms with E-state index < -0.39 is 9.84 Å². The molecule has 3 aromatic rings. The van der Waals surface area contributed by atoms with Crippen LogP contribution in [0.15, 0.2) is 53.1 Å². The largest absolute Gasteiger partial charge is 0.464 e. The van der Waals surface area contributed by atoms with Crippen molar-refractivity contribution in [3.05, 3.63) is 70.4 Å². The lowest BCUT2D eigenvalue weighted by Crippen LogP contribution is -2.41. The third kappa shape index (κ3) is 5.02. The highest BCUT2D eigenvalue weighted by molar-refractivity contribution is 7.91. The Morgan fingerprint density at radius 1 is 1.19 bits per heavy atom. The van der Waals surface area contributed by atoms with Crippen molar-refractivity contribution in [3.8, 4) is 0 Å². The zero-order valence-electron chi connectivity index (χ0n) is 18.6. The van der Waals surface area contributed by atoms with Crippen LogP contribution in [0.4, 0.5) is 0 Å². The number of carbonyl (C=O) groups is 1. The van der Waals surface area contributed by atoms with Crippen molar-refractivity contribution in [2.75, 3.05) is 11.5 Å². The van der Waals surface area contributed by atoms with Gasteiger partial charge in [0.2, 0.25) is 5.91 Å². The van der Waals surface area contributed by atoms with Gasteiger partial charge in [0.25, 0.3) is 0 Å². The molecule has 1 aliphatic heterocycles. The number of halogens is 1.